The second-order valence-corrected chi connectivity index (χ2v) is 4.52. The molecule has 1 aromatic carbocycles. The van der Waals surface area contributed by atoms with E-state index in [-0.39, 0.29) is 0 Å². The molecule has 0 amide bonds. The van der Waals surface area contributed by atoms with Crippen LogP contribution >= 0.6 is 11.6 Å². The van der Waals surface area contributed by atoms with Gasteiger partial charge in [0.15, 0.2) is 0 Å². The predicted octanol–water partition coefficient (Wildman–Crippen LogP) is 3.70. The van der Waals surface area contributed by atoms with Gasteiger partial charge in [0, 0.05) is 23.5 Å². The zero-order valence-corrected chi connectivity index (χ0v) is 10.7. The van der Waals surface area contributed by atoms with Crippen molar-refractivity contribution < 1.29 is 4.74 Å². The fourth-order valence-corrected chi connectivity index (χ4v) is 1.73. The molecular weight excluding hydrogens is 236 g/mol. The van der Waals surface area contributed by atoms with E-state index in [9.17, 15) is 0 Å². The SMILES string of the molecule is CC(C)n1ccnc1COc1ccc(Cl)cc1. The van der Waals surface area contributed by atoms with Crippen molar-refractivity contribution in [2.45, 2.75) is 26.5 Å². The summed E-state index contributed by atoms with van der Waals surface area (Å²) in [5, 5.41) is 0.709. The Kier molecular flexibility index (Phi) is 3.69. The average molecular weight is 251 g/mol. The second kappa shape index (κ2) is 5.23. The summed E-state index contributed by atoms with van der Waals surface area (Å²) >= 11 is 5.81. The molecule has 0 radical (unpaired) electrons. The van der Waals surface area contributed by atoms with E-state index in [0.29, 0.717) is 17.7 Å². The fraction of sp³-hybridized carbons (Fsp3) is 0.308. The Morgan fingerprint density at radius 1 is 1.29 bits per heavy atom. The number of ether oxygens (including phenoxy) is 1. The van der Waals surface area contributed by atoms with Crippen LogP contribution < -0.4 is 4.74 Å². The van der Waals surface area contributed by atoms with Crippen molar-refractivity contribution >= 4 is 11.6 Å². The normalized spacial score (nSPS) is 10.8. The number of rotatable bonds is 4. The highest BCUT2D eigenvalue weighted by Gasteiger charge is 2.06. The maximum atomic E-state index is 5.81. The molecule has 0 fully saturated rings. The maximum Gasteiger partial charge on any atom is 0.146 e. The largest absolute Gasteiger partial charge is 0.486 e. The van der Waals surface area contributed by atoms with Gasteiger partial charge in [0.2, 0.25) is 0 Å². The third kappa shape index (κ3) is 3.01. The van der Waals surface area contributed by atoms with Gasteiger partial charge in [-0.1, -0.05) is 11.6 Å². The Morgan fingerprint density at radius 3 is 2.65 bits per heavy atom. The van der Waals surface area contributed by atoms with E-state index in [1.54, 1.807) is 6.20 Å². The van der Waals surface area contributed by atoms with E-state index >= 15 is 0 Å². The summed E-state index contributed by atoms with van der Waals surface area (Å²) in [5.41, 5.74) is 0. The van der Waals surface area contributed by atoms with E-state index in [1.807, 2.05) is 30.5 Å². The highest BCUT2D eigenvalue weighted by Crippen LogP contribution is 2.17. The summed E-state index contributed by atoms with van der Waals surface area (Å²) in [6.07, 6.45) is 3.76. The lowest BCUT2D eigenvalue weighted by Gasteiger charge is -2.12. The zero-order valence-electron chi connectivity index (χ0n) is 9.93. The molecule has 0 spiro atoms. The molecule has 3 nitrogen and oxygen atoms in total. The first-order valence-corrected chi connectivity index (χ1v) is 5.94. The molecule has 1 aromatic heterocycles. The molecule has 90 valence electrons. The molecule has 17 heavy (non-hydrogen) atoms. The molecule has 4 heteroatoms. The molecule has 0 N–H and O–H groups in total. The van der Waals surface area contributed by atoms with Crippen LogP contribution in [0.15, 0.2) is 36.7 Å². The second-order valence-electron chi connectivity index (χ2n) is 4.09. The van der Waals surface area contributed by atoms with Crippen molar-refractivity contribution in [3.63, 3.8) is 0 Å². The van der Waals surface area contributed by atoms with Gasteiger partial charge in [-0.2, -0.15) is 0 Å². The highest BCUT2D eigenvalue weighted by atomic mass is 35.5. The van der Waals surface area contributed by atoms with Gasteiger partial charge in [0.25, 0.3) is 0 Å². The van der Waals surface area contributed by atoms with Gasteiger partial charge < -0.3 is 9.30 Å². The lowest BCUT2D eigenvalue weighted by molar-refractivity contribution is 0.286. The Morgan fingerprint density at radius 2 is 2.00 bits per heavy atom. The van der Waals surface area contributed by atoms with Crippen LogP contribution in [-0.4, -0.2) is 9.55 Å². The summed E-state index contributed by atoms with van der Waals surface area (Å²) in [5.74, 6) is 1.72. The van der Waals surface area contributed by atoms with Gasteiger partial charge in [0.05, 0.1) is 0 Å². The summed E-state index contributed by atoms with van der Waals surface area (Å²) in [6, 6.07) is 7.72. The number of aromatic nitrogens is 2. The topological polar surface area (TPSA) is 27.1 Å². The lowest BCUT2D eigenvalue weighted by Crippen LogP contribution is -2.08. The summed E-state index contributed by atoms with van der Waals surface area (Å²) in [6.45, 7) is 4.70. The smallest absolute Gasteiger partial charge is 0.146 e. The van der Waals surface area contributed by atoms with Crippen LogP contribution in [-0.2, 0) is 6.61 Å². The van der Waals surface area contributed by atoms with Crippen LogP contribution in [0, 0.1) is 0 Å². The Balaban J connectivity index is 2.02. The first-order valence-electron chi connectivity index (χ1n) is 5.57. The van der Waals surface area contributed by atoms with E-state index in [0.717, 1.165) is 11.6 Å². The predicted molar refractivity (Wildman–Crippen MR) is 68.4 cm³/mol. The van der Waals surface area contributed by atoms with Crippen molar-refractivity contribution in [3.8, 4) is 5.75 Å². The average Bonchev–Trinajstić information content (AvgIpc) is 2.76. The molecule has 0 saturated carbocycles. The quantitative estimate of drug-likeness (QED) is 0.827. The molecule has 0 saturated heterocycles. The fourth-order valence-electron chi connectivity index (χ4n) is 1.60. The monoisotopic (exact) mass is 250 g/mol. The van der Waals surface area contributed by atoms with E-state index in [2.05, 4.69) is 23.4 Å². The van der Waals surface area contributed by atoms with Crippen molar-refractivity contribution in [1.29, 1.82) is 0 Å². The highest BCUT2D eigenvalue weighted by molar-refractivity contribution is 6.30. The Bertz CT molecular complexity index is 476. The third-order valence-electron chi connectivity index (χ3n) is 2.49. The summed E-state index contributed by atoms with van der Waals surface area (Å²) in [4.78, 5) is 4.28. The maximum absolute atomic E-state index is 5.81. The third-order valence-corrected chi connectivity index (χ3v) is 2.74. The van der Waals surface area contributed by atoms with Crippen LogP contribution in [0.2, 0.25) is 5.02 Å². The van der Waals surface area contributed by atoms with E-state index < -0.39 is 0 Å². The lowest BCUT2D eigenvalue weighted by atomic mass is 10.3. The minimum Gasteiger partial charge on any atom is -0.486 e. The molecule has 0 aliphatic heterocycles. The first kappa shape index (κ1) is 12.0. The van der Waals surface area contributed by atoms with Crippen molar-refractivity contribution in [3.05, 3.63) is 47.5 Å². The van der Waals surface area contributed by atoms with Crippen LogP contribution in [0.3, 0.4) is 0 Å². The first-order chi connectivity index (χ1) is 8.16. The van der Waals surface area contributed by atoms with Crippen LogP contribution in [0.25, 0.3) is 0 Å². The van der Waals surface area contributed by atoms with Crippen molar-refractivity contribution in [1.82, 2.24) is 9.55 Å². The molecule has 2 rings (SSSR count). The van der Waals surface area contributed by atoms with Crippen molar-refractivity contribution in [2.75, 3.05) is 0 Å². The Hall–Kier alpha value is -1.48. The summed E-state index contributed by atoms with van der Waals surface area (Å²) in [7, 11) is 0. The minimum absolute atomic E-state index is 0.390. The summed E-state index contributed by atoms with van der Waals surface area (Å²) < 4.78 is 7.75. The van der Waals surface area contributed by atoms with Crippen molar-refractivity contribution in [2.24, 2.45) is 0 Å². The molecular formula is C13H15ClN2O. The molecule has 0 aliphatic carbocycles. The van der Waals surface area contributed by atoms with Gasteiger partial charge in [-0.3, -0.25) is 0 Å². The molecule has 0 bridgehead atoms. The number of nitrogens with zero attached hydrogens (tertiary/aromatic N) is 2. The zero-order chi connectivity index (χ0) is 12.3. The minimum atomic E-state index is 0.390. The number of imidazole rings is 1. The van der Waals surface area contributed by atoms with Gasteiger partial charge in [-0.25, -0.2) is 4.98 Å². The number of hydrogen-bond acceptors (Lipinski definition) is 2. The molecule has 0 unspecified atom stereocenters. The van der Waals surface area contributed by atoms with E-state index in [4.69, 9.17) is 16.3 Å². The molecule has 1 heterocycles. The number of halogens is 1. The van der Waals surface area contributed by atoms with Crippen LogP contribution in [0.4, 0.5) is 0 Å². The van der Waals surface area contributed by atoms with Gasteiger partial charge in [0.1, 0.15) is 18.2 Å². The molecule has 0 atom stereocenters. The van der Waals surface area contributed by atoms with E-state index in [1.165, 1.54) is 0 Å². The standard InChI is InChI=1S/C13H15ClN2O/c1-10(2)16-8-7-15-13(16)9-17-12-5-3-11(14)4-6-12/h3-8,10H,9H2,1-2H3. The van der Waals surface area contributed by atoms with Gasteiger partial charge in [-0.15, -0.1) is 0 Å². The van der Waals surface area contributed by atoms with Crippen LogP contribution in [0.5, 0.6) is 5.75 Å². The Labute approximate surface area is 106 Å². The molecule has 0 aliphatic rings. The van der Waals surface area contributed by atoms with Gasteiger partial charge >= 0.3 is 0 Å². The van der Waals surface area contributed by atoms with Gasteiger partial charge in [-0.05, 0) is 38.1 Å². The number of hydrogen-bond donors (Lipinski definition) is 0. The molecule has 2 aromatic rings. The van der Waals surface area contributed by atoms with Crippen LogP contribution in [0.1, 0.15) is 25.7 Å². The number of benzene rings is 1.